The van der Waals surface area contributed by atoms with E-state index < -0.39 is 12.0 Å². The van der Waals surface area contributed by atoms with Crippen molar-refractivity contribution in [3.8, 4) is 6.07 Å². The maximum Gasteiger partial charge on any atom is 0.338 e. The third-order valence-electron chi connectivity index (χ3n) is 3.87. The molecule has 6 nitrogen and oxygen atoms in total. The summed E-state index contributed by atoms with van der Waals surface area (Å²) in [5.41, 5.74) is 2.61. The third-order valence-corrected chi connectivity index (χ3v) is 4.26. The highest BCUT2D eigenvalue weighted by Crippen LogP contribution is 2.30. The zero-order valence-electron chi connectivity index (χ0n) is 13.8. The lowest BCUT2D eigenvalue weighted by molar-refractivity contribution is -0.140. The monoisotopic (exact) mass is 345 g/mol. The van der Waals surface area contributed by atoms with Crippen LogP contribution >= 0.6 is 12.2 Å². The molecule has 0 saturated carbocycles. The van der Waals surface area contributed by atoms with Gasteiger partial charge < -0.3 is 19.7 Å². The molecule has 1 aliphatic heterocycles. The van der Waals surface area contributed by atoms with Gasteiger partial charge in [0.05, 0.1) is 29.9 Å². The fourth-order valence-electron chi connectivity index (χ4n) is 2.40. The minimum atomic E-state index is -0.420. The summed E-state index contributed by atoms with van der Waals surface area (Å²) in [5, 5.41) is 12.6. The molecule has 0 aromatic heterocycles. The molecule has 1 N–H and O–H groups in total. The normalized spacial score (nSPS) is 17.3. The largest absolute Gasteiger partial charge is 0.460 e. The number of esters is 1. The number of nitrogens with zero attached hydrogens (tertiary/aromatic N) is 2. The molecule has 1 aliphatic rings. The number of allylic oxidation sites excluding steroid dienone is 1. The van der Waals surface area contributed by atoms with Crippen LogP contribution in [0.3, 0.4) is 0 Å². The molecule has 1 atom stereocenters. The smallest absolute Gasteiger partial charge is 0.338 e. The van der Waals surface area contributed by atoms with Crippen LogP contribution in [0.5, 0.6) is 0 Å². The van der Waals surface area contributed by atoms with Crippen LogP contribution in [0.15, 0.2) is 35.5 Å². The predicted molar refractivity (Wildman–Crippen MR) is 92.9 cm³/mol. The van der Waals surface area contributed by atoms with Gasteiger partial charge in [0.25, 0.3) is 0 Å². The molecular weight excluding hydrogens is 326 g/mol. The molecule has 24 heavy (non-hydrogen) atoms. The van der Waals surface area contributed by atoms with Crippen molar-refractivity contribution in [3.05, 3.63) is 46.7 Å². The molecule has 0 radical (unpaired) electrons. The number of ether oxygens (including phenoxy) is 2. The summed E-state index contributed by atoms with van der Waals surface area (Å²) in [4.78, 5) is 14.3. The molecule has 0 fully saturated rings. The average Bonchev–Trinajstić information content (AvgIpc) is 2.59. The first-order chi connectivity index (χ1) is 11.5. The fraction of sp³-hybridized carbons (Fsp3) is 0.353. The topological polar surface area (TPSA) is 74.6 Å². The highest BCUT2D eigenvalue weighted by atomic mass is 32.1. The molecule has 0 bridgehead atoms. The summed E-state index contributed by atoms with van der Waals surface area (Å²) in [5.74, 6) is -0.416. The van der Waals surface area contributed by atoms with Gasteiger partial charge in [-0.15, -0.1) is 0 Å². The Morgan fingerprint density at radius 2 is 2.04 bits per heavy atom. The van der Waals surface area contributed by atoms with E-state index in [1.807, 2.05) is 6.92 Å². The number of carbonyl (C=O) groups is 1. The van der Waals surface area contributed by atoms with E-state index in [-0.39, 0.29) is 6.61 Å². The lowest BCUT2D eigenvalue weighted by Gasteiger charge is -2.35. The number of nitrogens with one attached hydrogen (secondary N) is 1. The summed E-state index contributed by atoms with van der Waals surface area (Å²) in [6.45, 7) is 2.35. The van der Waals surface area contributed by atoms with Gasteiger partial charge in [0, 0.05) is 19.9 Å². The van der Waals surface area contributed by atoms with Crippen LogP contribution in [0.25, 0.3) is 0 Å². The Bertz CT molecular complexity index is 707. The van der Waals surface area contributed by atoms with Crippen molar-refractivity contribution >= 4 is 23.3 Å². The highest BCUT2D eigenvalue weighted by molar-refractivity contribution is 7.80. The van der Waals surface area contributed by atoms with Crippen molar-refractivity contribution in [2.75, 3.05) is 27.4 Å². The van der Waals surface area contributed by atoms with E-state index in [2.05, 4.69) is 11.4 Å². The van der Waals surface area contributed by atoms with Gasteiger partial charge in [-0.05, 0) is 36.8 Å². The maximum atomic E-state index is 12.5. The highest BCUT2D eigenvalue weighted by Gasteiger charge is 2.33. The van der Waals surface area contributed by atoms with E-state index in [4.69, 9.17) is 27.0 Å². The standard InChI is InChI=1S/C17H19N3O3S/c1-11-14(16(21)23-9-8-22-3)15(19-17(24)20(11)2)13-6-4-12(10-18)5-7-13/h4-7,15H,8-9H2,1-3H3,(H,19,24). The van der Waals surface area contributed by atoms with Crippen LogP contribution < -0.4 is 5.32 Å². The number of carbonyl (C=O) groups excluding carboxylic acids is 1. The summed E-state index contributed by atoms with van der Waals surface area (Å²) in [6.07, 6.45) is 0. The van der Waals surface area contributed by atoms with Crippen molar-refractivity contribution < 1.29 is 14.3 Å². The number of hydrogen-bond donors (Lipinski definition) is 1. The Labute approximate surface area is 146 Å². The summed E-state index contributed by atoms with van der Waals surface area (Å²) < 4.78 is 10.2. The minimum absolute atomic E-state index is 0.181. The summed E-state index contributed by atoms with van der Waals surface area (Å²) >= 11 is 5.33. The van der Waals surface area contributed by atoms with Crippen LogP contribution in [-0.4, -0.2) is 43.4 Å². The van der Waals surface area contributed by atoms with Gasteiger partial charge in [0.2, 0.25) is 0 Å². The molecule has 2 rings (SSSR count). The third kappa shape index (κ3) is 3.72. The van der Waals surface area contributed by atoms with Crippen LogP contribution in [0.2, 0.25) is 0 Å². The first-order valence-electron chi connectivity index (χ1n) is 7.40. The van der Waals surface area contributed by atoms with E-state index in [0.717, 1.165) is 11.3 Å². The zero-order valence-corrected chi connectivity index (χ0v) is 14.6. The Balaban J connectivity index is 2.37. The lowest BCUT2D eigenvalue weighted by atomic mass is 9.94. The van der Waals surface area contributed by atoms with Crippen molar-refractivity contribution in [2.45, 2.75) is 13.0 Å². The zero-order chi connectivity index (χ0) is 17.7. The van der Waals surface area contributed by atoms with Crippen molar-refractivity contribution in [3.63, 3.8) is 0 Å². The number of thiocarbonyl (C=S) groups is 1. The van der Waals surface area contributed by atoms with E-state index >= 15 is 0 Å². The molecule has 1 heterocycles. The van der Waals surface area contributed by atoms with Gasteiger partial charge in [-0.2, -0.15) is 5.26 Å². The second-order valence-electron chi connectivity index (χ2n) is 5.30. The fourth-order valence-corrected chi connectivity index (χ4v) is 2.65. The second-order valence-corrected chi connectivity index (χ2v) is 5.69. The van der Waals surface area contributed by atoms with Gasteiger partial charge in [0.1, 0.15) is 6.61 Å². The number of rotatable bonds is 5. The Morgan fingerprint density at radius 1 is 1.38 bits per heavy atom. The maximum absolute atomic E-state index is 12.5. The predicted octanol–water partition coefficient (Wildman–Crippen LogP) is 1.88. The van der Waals surface area contributed by atoms with Gasteiger partial charge in [0.15, 0.2) is 5.11 Å². The molecule has 0 amide bonds. The molecule has 0 spiro atoms. The summed E-state index contributed by atoms with van der Waals surface area (Å²) in [7, 11) is 3.34. The van der Waals surface area contributed by atoms with Crippen LogP contribution in [0.4, 0.5) is 0 Å². The van der Waals surface area contributed by atoms with E-state index in [1.54, 1.807) is 43.3 Å². The number of benzene rings is 1. The van der Waals surface area contributed by atoms with Gasteiger partial charge in [-0.25, -0.2) is 4.79 Å². The molecule has 1 aromatic rings. The van der Waals surface area contributed by atoms with E-state index in [0.29, 0.717) is 22.9 Å². The quantitative estimate of drug-likeness (QED) is 0.496. The first-order valence-corrected chi connectivity index (χ1v) is 7.81. The SMILES string of the molecule is COCCOC(=O)C1=C(C)N(C)C(=S)NC1c1ccc(C#N)cc1. The number of nitriles is 1. The number of methoxy groups -OCH3 is 1. The van der Waals surface area contributed by atoms with E-state index in [9.17, 15) is 4.79 Å². The van der Waals surface area contributed by atoms with Crippen molar-refractivity contribution in [1.29, 1.82) is 5.26 Å². The molecule has 0 aliphatic carbocycles. The second kappa shape index (κ2) is 7.90. The molecule has 1 unspecified atom stereocenters. The molecule has 0 saturated heterocycles. The van der Waals surface area contributed by atoms with Crippen LogP contribution in [0, 0.1) is 11.3 Å². The van der Waals surface area contributed by atoms with E-state index in [1.165, 1.54) is 0 Å². The van der Waals surface area contributed by atoms with Crippen molar-refractivity contribution in [1.82, 2.24) is 10.2 Å². The van der Waals surface area contributed by atoms with Gasteiger partial charge in [-0.1, -0.05) is 12.1 Å². The van der Waals surface area contributed by atoms with Crippen LogP contribution in [0.1, 0.15) is 24.1 Å². The Hall–Kier alpha value is -2.43. The van der Waals surface area contributed by atoms with Gasteiger partial charge in [-0.3, -0.25) is 0 Å². The van der Waals surface area contributed by atoms with Gasteiger partial charge >= 0.3 is 5.97 Å². The average molecular weight is 345 g/mol. The minimum Gasteiger partial charge on any atom is -0.460 e. The Kier molecular flexibility index (Phi) is 5.90. The number of hydrogen-bond acceptors (Lipinski definition) is 5. The van der Waals surface area contributed by atoms with Crippen LogP contribution in [-0.2, 0) is 14.3 Å². The van der Waals surface area contributed by atoms with Crippen molar-refractivity contribution in [2.24, 2.45) is 0 Å². The molecule has 7 heteroatoms. The molecular formula is C17H19N3O3S. The Morgan fingerprint density at radius 3 is 2.62 bits per heavy atom. The lowest BCUT2D eigenvalue weighted by Crippen LogP contribution is -2.46. The molecule has 1 aromatic carbocycles. The summed E-state index contributed by atoms with van der Waals surface area (Å²) in [6, 6.07) is 8.69. The molecule has 126 valence electrons. The first kappa shape index (κ1) is 17.9.